The fourth-order valence-corrected chi connectivity index (χ4v) is 1.88. The highest BCUT2D eigenvalue weighted by atomic mass is 16.5. The number of carbonyl (C=O) groups excluding carboxylic acids is 1. The molecule has 4 N–H and O–H groups in total. The van der Waals surface area contributed by atoms with E-state index < -0.39 is 0 Å². The van der Waals surface area contributed by atoms with Gasteiger partial charge < -0.3 is 15.5 Å². The zero-order valence-corrected chi connectivity index (χ0v) is 13.8. The van der Waals surface area contributed by atoms with Crippen LogP contribution in [0.4, 0.5) is 5.95 Å². The predicted octanol–water partition coefficient (Wildman–Crippen LogP) is 2.73. The zero-order chi connectivity index (χ0) is 16.9. The van der Waals surface area contributed by atoms with E-state index in [-0.39, 0.29) is 12.5 Å². The molecule has 0 fully saturated rings. The Bertz CT molecular complexity index is 538. The third-order valence-corrected chi connectivity index (χ3v) is 2.97. The van der Waals surface area contributed by atoms with Gasteiger partial charge in [-0.25, -0.2) is 4.98 Å². The van der Waals surface area contributed by atoms with E-state index in [1.807, 2.05) is 38.1 Å². The van der Waals surface area contributed by atoms with Crippen LogP contribution in [0.3, 0.4) is 0 Å². The summed E-state index contributed by atoms with van der Waals surface area (Å²) >= 11 is 0. The minimum Gasteiger partial charge on any atom is -0.484 e. The van der Waals surface area contributed by atoms with Crippen molar-refractivity contribution >= 4 is 11.9 Å². The Balaban J connectivity index is 0.00000127. The molecule has 1 amide bonds. The molecule has 0 radical (unpaired) electrons. The molecule has 0 aliphatic heterocycles. The molecule has 1 heterocycles. The van der Waals surface area contributed by atoms with Crippen molar-refractivity contribution in [3.05, 3.63) is 42.2 Å². The highest BCUT2D eigenvalue weighted by molar-refractivity contribution is 5.90. The second-order valence-electron chi connectivity index (χ2n) is 4.66. The summed E-state index contributed by atoms with van der Waals surface area (Å²) in [5.41, 5.74) is 6.71. The van der Waals surface area contributed by atoms with E-state index in [9.17, 15) is 4.79 Å². The standard InChI is InChI=1S/C15H20N4O2.C2H6/c16-8-2-1-3-12-4-6-13(7-5-12)21-11-14(20)19-15-17-9-10-18-15;1-2/h4-7,9-10H,1-3,8,11,16H2,(H2,17,18,19,20);1-2H3. The van der Waals surface area contributed by atoms with Gasteiger partial charge in [0.2, 0.25) is 5.95 Å². The fraction of sp³-hybridized carbons (Fsp3) is 0.412. The number of nitrogens with two attached hydrogens (primary N) is 1. The average Bonchev–Trinajstić information content (AvgIpc) is 3.09. The largest absolute Gasteiger partial charge is 0.484 e. The predicted molar refractivity (Wildman–Crippen MR) is 92.5 cm³/mol. The number of aryl methyl sites for hydroxylation is 1. The molecule has 6 nitrogen and oxygen atoms in total. The molecule has 1 aromatic carbocycles. The van der Waals surface area contributed by atoms with Crippen LogP contribution in [0.1, 0.15) is 32.3 Å². The molecular weight excluding hydrogens is 292 g/mol. The molecule has 2 rings (SSSR count). The Kier molecular flexibility index (Phi) is 9.16. The van der Waals surface area contributed by atoms with Gasteiger partial charge in [0.25, 0.3) is 5.91 Å². The summed E-state index contributed by atoms with van der Waals surface area (Å²) in [6.07, 6.45) is 6.34. The SMILES string of the molecule is CC.NCCCCc1ccc(OCC(=O)Nc2ncc[nH]2)cc1. The van der Waals surface area contributed by atoms with Crippen LogP contribution in [-0.4, -0.2) is 29.0 Å². The maximum absolute atomic E-state index is 11.6. The van der Waals surface area contributed by atoms with Crippen molar-refractivity contribution in [1.82, 2.24) is 9.97 Å². The summed E-state index contributed by atoms with van der Waals surface area (Å²) in [5.74, 6) is 0.836. The molecule has 0 aliphatic rings. The number of benzene rings is 1. The third-order valence-electron chi connectivity index (χ3n) is 2.97. The van der Waals surface area contributed by atoms with Crippen molar-refractivity contribution in [1.29, 1.82) is 0 Å². The number of aromatic amines is 1. The van der Waals surface area contributed by atoms with Crippen LogP contribution in [0.5, 0.6) is 5.75 Å². The topological polar surface area (TPSA) is 93.0 Å². The molecule has 23 heavy (non-hydrogen) atoms. The molecule has 6 heteroatoms. The number of rotatable bonds is 8. The van der Waals surface area contributed by atoms with Crippen molar-refractivity contribution in [3.8, 4) is 5.75 Å². The summed E-state index contributed by atoms with van der Waals surface area (Å²) in [6.45, 7) is 4.68. The quantitative estimate of drug-likeness (QED) is 0.652. The summed E-state index contributed by atoms with van der Waals surface area (Å²) in [5, 5.41) is 2.60. The Morgan fingerprint density at radius 2 is 2.00 bits per heavy atom. The second kappa shape index (κ2) is 11.3. The number of anilines is 1. The summed E-state index contributed by atoms with van der Waals surface area (Å²) in [4.78, 5) is 18.3. The highest BCUT2D eigenvalue weighted by Gasteiger charge is 2.05. The average molecular weight is 318 g/mol. The molecule has 1 aromatic heterocycles. The van der Waals surface area contributed by atoms with Gasteiger partial charge in [-0.15, -0.1) is 0 Å². The van der Waals surface area contributed by atoms with Gasteiger partial charge in [-0.3, -0.25) is 10.1 Å². The third kappa shape index (κ3) is 7.46. The van der Waals surface area contributed by atoms with Gasteiger partial charge in [0.15, 0.2) is 6.61 Å². The minimum absolute atomic E-state index is 0.0484. The van der Waals surface area contributed by atoms with Gasteiger partial charge in [-0.05, 0) is 43.5 Å². The zero-order valence-electron chi connectivity index (χ0n) is 13.8. The van der Waals surface area contributed by atoms with Crippen molar-refractivity contribution < 1.29 is 9.53 Å². The van der Waals surface area contributed by atoms with Gasteiger partial charge in [0.1, 0.15) is 5.75 Å². The van der Waals surface area contributed by atoms with Gasteiger partial charge in [-0.2, -0.15) is 0 Å². The summed E-state index contributed by atoms with van der Waals surface area (Å²) in [6, 6.07) is 7.77. The number of amides is 1. The number of H-pyrrole nitrogens is 1. The van der Waals surface area contributed by atoms with Gasteiger partial charge in [0.05, 0.1) is 0 Å². The molecule has 0 saturated heterocycles. The number of ether oxygens (including phenoxy) is 1. The molecule has 0 saturated carbocycles. The molecule has 0 atom stereocenters. The lowest BCUT2D eigenvalue weighted by molar-refractivity contribution is -0.118. The lowest BCUT2D eigenvalue weighted by Gasteiger charge is -2.07. The lowest BCUT2D eigenvalue weighted by Crippen LogP contribution is -2.20. The van der Waals surface area contributed by atoms with Crippen LogP contribution >= 0.6 is 0 Å². The first-order valence-corrected chi connectivity index (χ1v) is 7.99. The number of nitrogens with one attached hydrogen (secondary N) is 2. The second-order valence-corrected chi connectivity index (χ2v) is 4.66. The summed E-state index contributed by atoms with van der Waals surface area (Å²) < 4.78 is 5.42. The normalized spacial score (nSPS) is 9.70. The summed E-state index contributed by atoms with van der Waals surface area (Å²) in [7, 11) is 0. The fourth-order valence-electron chi connectivity index (χ4n) is 1.88. The number of nitrogens with zero attached hydrogens (tertiary/aromatic N) is 1. The number of hydrogen-bond donors (Lipinski definition) is 3. The molecule has 0 bridgehead atoms. The van der Waals surface area contributed by atoms with Crippen LogP contribution in [0.25, 0.3) is 0 Å². The monoisotopic (exact) mass is 318 g/mol. The van der Waals surface area contributed by atoms with E-state index in [0.717, 1.165) is 25.8 Å². The maximum Gasteiger partial charge on any atom is 0.264 e. The van der Waals surface area contributed by atoms with Crippen LogP contribution in [-0.2, 0) is 11.2 Å². The van der Waals surface area contributed by atoms with Gasteiger partial charge in [-0.1, -0.05) is 26.0 Å². The molecule has 0 spiro atoms. The van der Waals surface area contributed by atoms with E-state index in [1.165, 1.54) is 5.56 Å². The first-order chi connectivity index (χ1) is 11.3. The first kappa shape index (κ1) is 18.7. The van der Waals surface area contributed by atoms with E-state index in [2.05, 4.69) is 15.3 Å². The Hall–Kier alpha value is -2.34. The number of aromatic nitrogens is 2. The maximum atomic E-state index is 11.6. The highest BCUT2D eigenvalue weighted by Crippen LogP contribution is 2.13. The van der Waals surface area contributed by atoms with Crippen LogP contribution < -0.4 is 15.8 Å². The molecule has 0 aliphatic carbocycles. The number of carbonyl (C=O) groups is 1. The number of hydrogen-bond acceptors (Lipinski definition) is 4. The van der Waals surface area contributed by atoms with Crippen molar-refractivity contribution in [2.75, 3.05) is 18.5 Å². The van der Waals surface area contributed by atoms with Crippen molar-refractivity contribution in [2.45, 2.75) is 33.1 Å². The van der Waals surface area contributed by atoms with E-state index in [4.69, 9.17) is 10.5 Å². The Morgan fingerprint density at radius 1 is 1.26 bits per heavy atom. The van der Waals surface area contributed by atoms with E-state index >= 15 is 0 Å². The van der Waals surface area contributed by atoms with Crippen molar-refractivity contribution in [3.63, 3.8) is 0 Å². The first-order valence-electron chi connectivity index (χ1n) is 7.99. The number of unbranched alkanes of at least 4 members (excludes halogenated alkanes) is 1. The van der Waals surface area contributed by atoms with Crippen LogP contribution in [0.15, 0.2) is 36.7 Å². The molecule has 2 aromatic rings. The van der Waals surface area contributed by atoms with Crippen LogP contribution in [0.2, 0.25) is 0 Å². The molecule has 0 unspecified atom stereocenters. The lowest BCUT2D eigenvalue weighted by atomic mass is 10.1. The minimum atomic E-state index is -0.253. The Morgan fingerprint density at radius 3 is 2.61 bits per heavy atom. The molecule has 126 valence electrons. The Labute approximate surface area is 137 Å². The van der Waals surface area contributed by atoms with Gasteiger partial charge >= 0.3 is 0 Å². The molecular formula is C17H26N4O2. The van der Waals surface area contributed by atoms with Gasteiger partial charge in [0, 0.05) is 12.4 Å². The number of imidazole rings is 1. The van der Waals surface area contributed by atoms with E-state index in [1.54, 1.807) is 12.4 Å². The van der Waals surface area contributed by atoms with Crippen LogP contribution in [0, 0.1) is 0 Å². The smallest absolute Gasteiger partial charge is 0.264 e. The van der Waals surface area contributed by atoms with E-state index in [0.29, 0.717) is 11.7 Å². The van der Waals surface area contributed by atoms with Crippen molar-refractivity contribution in [2.24, 2.45) is 5.73 Å².